The van der Waals surface area contributed by atoms with Gasteiger partial charge in [0.05, 0.1) is 11.0 Å². The van der Waals surface area contributed by atoms with E-state index in [9.17, 15) is 28.3 Å². The van der Waals surface area contributed by atoms with Crippen molar-refractivity contribution in [2.75, 3.05) is 19.5 Å². The number of anilines is 1. The number of para-hydroxylation sites is 2. The number of carbonyl (C=O) groups is 1. The second-order valence-electron chi connectivity index (χ2n) is 8.35. The van der Waals surface area contributed by atoms with Crippen molar-refractivity contribution in [2.45, 2.75) is 36.8 Å². The Bertz CT molecular complexity index is 1360. The number of carbonyl (C=O) groups excluding carboxylic acids is 1. The number of alkyl halides is 3. The number of nitrogens with zero attached hydrogens (tertiary/aromatic N) is 3. The number of hydrogen-bond donors (Lipinski definition) is 3. The lowest BCUT2D eigenvalue weighted by atomic mass is 9.78. The number of hydrogen-bond acceptors (Lipinski definition) is 9. The van der Waals surface area contributed by atoms with Gasteiger partial charge in [-0.3, -0.25) is 20.4 Å². The Hall–Kier alpha value is -3.70. The van der Waals surface area contributed by atoms with Gasteiger partial charge in [0.1, 0.15) is 11.8 Å². The molecule has 13 heteroatoms. The highest BCUT2D eigenvalue weighted by Gasteiger charge is 2.62. The van der Waals surface area contributed by atoms with Crippen LogP contribution in [0.1, 0.15) is 28.9 Å². The average Bonchev–Trinajstić information content (AvgIpc) is 3.17. The van der Waals surface area contributed by atoms with Crippen molar-refractivity contribution >= 4 is 22.8 Å². The summed E-state index contributed by atoms with van der Waals surface area (Å²) in [5.74, 6) is -2.13. The van der Waals surface area contributed by atoms with E-state index in [2.05, 4.69) is 10.3 Å². The maximum absolute atomic E-state index is 13.2. The number of fused-ring (bicyclic) bond motifs is 2. The highest BCUT2D eigenvalue weighted by molar-refractivity contribution is 6.00. The molecule has 0 bridgehead atoms. The molecule has 3 atom stereocenters. The minimum absolute atomic E-state index is 0.0103. The zero-order valence-corrected chi connectivity index (χ0v) is 19.3. The summed E-state index contributed by atoms with van der Waals surface area (Å²) in [6.45, 7) is 1.41. The topological polar surface area (TPSA) is 145 Å². The van der Waals surface area contributed by atoms with Crippen LogP contribution in [0.5, 0.6) is 5.75 Å². The first-order chi connectivity index (χ1) is 16.9. The number of ketones is 1. The predicted octanol–water partition coefficient (Wildman–Crippen LogP) is 2.68. The van der Waals surface area contributed by atoms with E-state index < -0.39 is 41.2 Å². The quantitative estimate of drug-likeness (QED) is 0.199. The van der Waals surface area contributed by atoms with Crippen LogP contribution < -0.4 is 15.8 Å². The molecule has 10 nitrogen and oxygen atoms in total. The van der Waals surface area contributed by atoms with Crippen LogP contribution in [0.2, 0.25) is 0 Å². The summed E-state index contributed by atoms with van der Waals surface area (Å²) in [5.41, 5.74) is 2.29. The first-order valence-corrected chi connectivity index (χ1v) is 10.5. The van der Waals surface area contributed by atoms with Crippen LogP contribution >= 0.6 is 0 Å². The molecule has 0 amide bonds. The molecule has 1 aliphatic rings. The summed E-state index contributed by atoms with van der Waals surface area (Å²) in [6, 6.07) is 8.29. The van der Waals surface area contributed by atoms with E-state index >= 15 is 0 Å². The molecule has 3 aromatic rings. The minimum atomic E-state index is -5.14. The van der Waals surface area contributed by atoms with Gasteiger partial charge in [-0.05, 0) is 37.3 Å². The van der Waals surface area contributed by atoms with E-state index in [4.69, 9.17) is 19.9 Å². The minimum Gasteiger partial charge on any atom is -0.477 e. The number of rotatable bonds is 6. The summed E-state index contributed by atoms with van der Waals surface area (Å²) >= 11 is 0. The first-order valence-electron chi connectivity index (χ1n) is 10.5. The van der Waals surface area contributed by atoms with E-state index in [1.165, 1.54) is 31.8 Å². The average molecular weight is 505 g/mol. The van der Waals surface area contributed by atoms with Gasteiger partial charge < -0.3 is 19.3 Å². The number of ether oxygens (including phenoxy) is 3. The number of methoxy groups -OCH3 is 2. The molecular formula is C23H22F3N5O5. The largest absolute Gasteiger partial charge is 0.477 e. The van der Waals surface area contributed by atoms with Gasteiger partial charge in [-0.25, -0.2) is 4.98 Å². The van der Waals surface area contributed by atoms with Crippen molar-refractivity contribution in [3.05, 3.63) is 53.6 Å². The van der Waals surface area contributed by atoms with Crippen LogP contribution in [0.25, 0.3) is 11.0 Å². The summed E-state index contributed by atoms with van der Waals surface area (Å²) < 4.78 is 57.8. The molecule has 4 N–H and O–H groups in total. The maximum Gasteiger partial charge on any atom is 0.454 e. The standard InChI is InChI=1S/C23H22F3N5O5/c1-21(19(34-2)35-3)22(28,33)17(31-15-7-5-4-6-14(15)30-20(31)29-11-27)13-10-12(8-9-16(13)36-21)18(32)23(24,25)26/h4-10,17,19,33H,28H2,1-3H3,(H,29,30)/t17-,21+,22+/m0/s1. The Balaban J connectivity index is 2.08. The van der Waals surface area contributed by atoms with Crippen LogP contribution in [-0.4, -0.2) is 58.5 Å². The van der Waals surface area contributed by atoms with Crippen molar-refractivity contribution < 1.29 is 37.3 Å². The first kappa shape index (κ1) is 25.4. The van der Waals surface area contributed by atoms with Crippen molar-refractivity contribution in [3.63, 3.8) is 0 Å². The predicted molar refractivity (Wildman–Crippen MR) is 120 cm³/mol. The van der Waals surface area contributed by atoms with Gasteiger partial charge in [-0.15, -0.1) is 0 Å². The van der Waals surface area contributed by atoms with Crippen molar-refractivity contribution in [3.8, 4) is 11.9 Å². The van der Waals surface area contributed by atoms with E-state index in [1.807, 2.05) is 0 Å². The molecular weight excluding hydrogens is 483 g/mol. The fourth-order valence-electron chi connectivity index (χ4n) is 4.54. The molecule has 190 valence electrons. The van der Waals surface area contributed by atoms with E-state index in [0.717, 1.165) is 12.1 Å². The highest BCUT2D eigenvalue weighted by atomic mass is 19.4. The molecule has 0 fully saturated rings. The maximum atomic E-state index is 13.2. The fraction of sp³-hybridized carbons (Fsp3) is 0.348. The van der Waals surface area contributed by atoms with Crippen LogP contribution in [0.15, 0.2) is 42.5 Å². The molecule has 0 unspecified atom stereocenters. The third-order valence-electron chi connectivity index (χ3n) is 6.26. The van der Waals surface area contributed by atoms with Gasteiger partial charge >= 0.3 is 6.18 Å². The number of halogens is 3. The number of aromatic nitrogens is 2. The van der Waals surface area contributed by atoms with Gasteiger partial charge in [-0.2, -0.15) is 18.4 Å². The summed E-state index contributed by atoms with van der Waals surface area (Å²) in [6.07, 6.45) is -4.64. The second-order valence-corrected chi connectivity index (χ2v) is 8.35. The van der Waals surface area contributed by atoms with Gasteiger partial charge in [0.2, 0.25) is 17.8 Å². The number of imidazole rings is 1. The molecule has 0 saturated carbocycles. The number of nitrogens with two attached hydrogens (primary N) is 1. The third kappa shape index (κ3) is 3.75. The zero-order chi connectivity index (χ0) is 26.5. The molecule has 1 aliphatic heterocycles. The molecule has 1 aromatic heterocycles. The molecule has 2 heterocycles. The van der Waals surface area contributed by atoms with E-state index in [1.54, 1.807) is 30.5 Å². The van der Waals surface area contributed by atoms with Crippen LogP contribution in [-0.2, 0) is 9.47 Å². The van der Waals surface area contributed by atoms with Crippen molar-refractivity contribution in [1.82, 2.24) is 9.55 Å². The Labute approximate surface area is 203 Å². The number of benzene rings is 2. The Morgan fingerprint density at radius 1 is 1.31 bits per heavy atom. The number of nitrogens with one attached hydrogen (secondary N) is 1. The molecule has 0 saturated heterocycles. The van der Waals surface area contributed by atoms with Gasteiger partial charge in [0.15, 0.2) is 11.9 Å². The lowest BCUT2D eigenvalue weighted by molar-refractivity contribution is -0.273. The van der Waals surface area contributed by atoms with Gasteiger partial charge in [0.25, 0.3) is 5.78 Å². The summed E-state index contributed by atoms with van der Waals surface area (Å²) in [5, 5.41) is 23.6. The summed E-state index contributed by atoms with van der Waals surface area (Å²) in [7, 11) is 2.59. The summed E-state index contributed by atoms with van der Waals surface area (Å²) in [4.78, 5) is 16.4. The Morgan fingerprint density at radius 2 is 1.97 bits per heavy atom. The van der Waals surface area contributed by atoms with E-state index in [-0.39, 0.29) is 17.3 Å². The van der Waals surface area contributed by atoms with Crippen LogP contribution in [0.3, 0.4) is 0 Å². The SMILES string of the molecule is COC(OC)[C@@]1(C)Oc2ccc(C(=O)C(F)(F)F)cc2[C@H](n2c(NC#N)nc3ccccc32)[C@@]1(N)O. The number of aliphatic hydroxyl groups is 1. The molecule has 0 radical (unpaired) electrons. The number of nitriles is 1. The second kappa shape index (κ2) is 8.75. The van der Waals surface area contributed by atoms with Crippen molar-refractivity contribution in [2.24, 2.45) is 5.73 Å². The van der Waals surface area contributed by atoms with Crippen molar-refractivity contribution in [1.29, 1.82) is 5.26 Å². The smallest absolute Gasteiger partial charge is 0.454 e. The Kier molecular flexibility index (Phi) is 6.17. The lowest BCUT2D eigenvalue weighted by Gasteiger charge is -2.52. The third-order valence-corrected chi connectivity index (χ3v) is 6.26. The Morgan fingerprint density at radius 3 is 2.58 bits per heavy atom. The van der Waals surface area contributed by atoms with Gasteiger partial charge in [-0.1, -0.05) is 12.1 Å². The van der Waals surface area contributed by atoms with E-state index in [0.29, 0.717) is 11.0 Å². The van der Waals surface area contributed by atoms with Crippen LogP contribution in [0, 0.1) is 11.5 Å². The molecule has 0 spiro atoms. The zero-order valence-electron chi connectivity index (χ0n) is 19.3. The molecule has 2 aromatic carbocycles. The highest BCUT2D eigenvalue weighted by Crippen LogP contribution is 2.50. The molecule has 4 rings (SSSR count). The molecule has 0 aliphatic carbocycles. The number of Topliss-reactive ketones (excluding diaryl/α,β-unsaturated/α-hetero) is 1. The fourth-order valence-corrected chi connectivity index (χ4v) is 4.54. The monoisotopic (exact) mass is 505 g/mol. The van der Waals surface area contributed by atoms with Gasteiger partial charge in [0, 0.05) is 25.3 Å². The molecule has 36 heavy (non-hydrogen) atoms. The normalized spacial score (nSPS) is 23.7. The lowest BCUT2D eigenvalue weighted by Crippen LogP contribution is -2.73. The van der Waals surface area contributed by atoms with Crippen LogP contribution in [0.4, 0.5) is 19.1 Å².